The van der Waals surface area contributed by atoms with Crippen LogP contribution in [0.5, 0.6) is 0 Å². The van der Waals surface area contributed by atoms with E-state index in [1.807, 2.05) is 24.3 Å². The van der Waals surface area contributed by atoms with Crippen molar-refractivity contribution < 1.29 is 59.0 Å². The fourth-order valence-corrected chi connectivity index (χ4v) is 5.59. The molecular formula is C41H49N5O12. The zero-order valence-electron chi connectivity index (χ0n) is 32.4. The molecule has 3 heterocycles. The molecule has 17 nitrogen and oxygen atoms in total. The number of aliphatic hydroxyl groups excluding tert-OH is 1. The van der Waals surface area contributed by atoms with E-state index in [0.717, 1.165) is 37.1 Å². The van der Waals surface area contributed by atoms with Gasteiger partial charge >= 0.3 is 29.8 Å². The molecule has 1 fully saturated rings. The minimum atomic E-state index is -1.26. The van der Waals surface area contributed by atoms with Crippen molar-refractivity contribution in [2.45, 2.75) is 57.3 Å². The van der Waals surface area contributed by atoms with Crippen LogP contribution in [-0.4, -0.2) is 120 Å². The molecule has 0 saturated carbocycles. The number of aliphatic hydroxyl groups is 1. The molecule has 17 heteroatoms. The average molecular weight is 804 g/mol. The molecule has 1 saturated heterocycles. The number of hydrogen-bond donors (Lipinski definition) is 6. The Morgan fingerprint density at radius 1 is 0.810 bits per heavy atom. The van der Waals surface area contributed by atoms with E-state index in [1.165, 1.54) is 0 Å². The molecule has 2 aromatic heterocycles. The lowest BCUT2D eigenvalue weighted by atomic mass is 9.90. The summed E-state index contributed by atoms with van der Waals surface area (Å²) in [5, 5.41) is 49.8. The number of likely N-dealkylation sites (tertiary alicyclic amines) is 1. The molecular weight excluding hydrogens is 754 g/mol. The fourth-order valence-electron chi connectivity index (χ4n) is 5.59. The first kappa shape index (κ1) is 46.0. The number of carboxylic acid groups (broad SMARTS) is 4. The summed E-state index contributed by atoms with van der Waals surface area (Å²) in [6, 6.07) is 24.4. The van der Waals surface area contributed by atoms with E-state index in [0.29, 0.717) is 61.2 Å². The first-order valence-corrected chi connectivity index (χ1v) is 18.3. The minimum absolute atomic E-state index is 0.0913. The summed E-state index contributed by atoms with van der Waals surface area (Å²) < 4.78 is 13.5. The van der Waals surface area contributed by atoms with Gasteiger partial charge in [-0.3, -0.25) is 4.79 Å². The van der Waals surface area contributed by atoms with Crippen LogP contribution in [0.2, 0.25) is 0 Å². The molecule has 0 radical (unpaired) electrons. The Hall–Kier alpha value is -6.43. The minimum Gasteiger partial charge on any atom is -0.478 e. The van der Waals surface area contributed by atoms with Gasteiger partial charge in [0, 0.05) is 50.5 Å². The summed E-state index contributed by atoms with van der Waals surface area (Å²) in [6.07, 6.45) is 5.33. The molecule has 0 bridgehead atoms. The van der Waals surface area contributed by atoms with Crippen molar-refractivity contribution in [1.82, 2.24) is 19.5 Å². The monoisotopic (exact) mass is 803 g/mol. The van der Waals surface area contributed by atoms with Crippen LogP contribution in [0.4, 0.5) is 5.82 Å². The Morgan fingerprint density at radius 3 is 1.78 bits per heavy atom. The number of fused-ring (bicyclic) bond motifs is 1. The van der Waals surface area contributed by atoms with E-state index in [2.05, 4.69) is 68.8 Å². The number of carboxylic acids is 4. The van der Waals surface area contributed by atoms with Crippen LogP contribution in [0.1, 0.15) is 56.5 Å². The number of carbonyl (C=O) groups excluding carboxylic acids is 1. The summed E-state index contributed by atoms with van der Waals surface area (Å²) in [5.74, 6) is -4.73. The van der Waals surface area contributed by atoms with Gasteiger partial charge in [0.25, 0.3) is 0 Å². The molecule has 0 spiro atoms. The molecule has 310 valence electrons. The molecule has 4 aromatic rings. The van der Waals surface area contributed by atoms with Crippen LogP contribution in [0.15, 0.2) is 103 Å². The van der Waals surface area contributed by atoms with Crippen molar-refractivity contribution in [3.8, 4) is 0 Å². The van der Waals surface area contributed by atoms with Gasteiger partial charge in [-0.1, -0.05) is 60.7 Å². The summed E-state index contributed by atoms with van der Waals surface area (Å²) in [7, 11) is 0. The Morgan fingerprint density at radius 2 is 1.31 bits per heavy atom. The molecule has 5 rings (SSSR count). The lowest BCUT2D eigenvalue weighted by molar-refractivity contribution is -0.149. The molecule has 1 aliphatic heterocycles. The smallest absolute Gasteiger partial charge is 0.328 e. The zero-order valence-corrected chi connectivity index (χ0v) is 32.4. The van der Waals surface area contributed by atoms with Gasteiger partial charge in [-0.2, -0.15) is 0 Å². The van der Waals surface area contributed by atoms with Gasteiger partial charge in [0.2, 0.25) is 0 Å². The molecule has 1 aliphatic rings. The number of benzene rings is 2. The van der Waals surface area contributed by atoms with Crippen molar-refractivity contribution in [2.24, 2.45) is 0 Å². The first-order valence-electron chi connectivity index (χ1n) is 18.3. The SMILES string of the molecule is CCOC(=O)C(C)(C)c1cn2nc(NCC(O)CN3CCC(OC(c4ccccc4)c4ccccc4)CC3)ccc2n1.O=C(O)C=CC(=O)O.O=C(O)C=CC(=O)O. The van der Waals surface area contributed by atoms with Crippen LogP contribution in [-0.2, 0) is 38.9 Å². The van der Waals surface area contributed by atoms with E-state index in [4.69, 9.17) is 29.9 Å². The van der Waals surface area contributed by atoms with Gasteiger partial charge in [0.05, 0.1) is 30.7 Å². The Bertz CT molecular complexity index is 1900. The molecule has 1 unspecified atom stereocenters. The van der Waals surface area contributed by atoms with E-state index in [-0.39, 0.29) is 18.2 Å². The third kappa shape index (κ3) is 15.6. The summed E-state index contributed by atoms with van der Waals surface area (Å²) >= 11 is 0. The molecule has 6 N–H and O–H groups in total. The number of piperidine rings is 1. The lowest BCUT2D eigenvalue weighted by Gasteiger charge is -2.35. The Kier molecular flexibility index (Phi) is 18.2. The summed E-state index contributed by atoms with van der Waals surface area (Å²) in [4.78, 5) is 57.5. The Balaban J connectivity index is 0.000000473. The number of nitrogens with zero attached hydrogens (tertiary/aromatic N) is 4. The number of anilines is 1. The normalized spacial score (nSPS) is 13.9. The van der Waals surface area contributed by atoms with Gasteiger partial charge in [0.15, 0.2) is 5.65 Å². The predicted octanol–water partition coefficient (Wildman–Crippen LogP) is 4.04. The second-order valence-corrected chi connectivity index (χ2v) is 13.4. The fraction of sp³-hybridized carbons (Fsp3) is 0.341. The third-order valence-electron chi connectivity index (χ3n) is 8.54. The van der Waals surface area contributed by atoms with Crippen molar-refractivity contribution >= 4 is 41.3 Å². The number of imidazole rings is 1. The maximum Gasteiger partial charge on any atom is 0.328 e. The topological polar surface area (TPSA) is 250 Å². The maximum atomic E-state index is 12.4. The van der Waals surface area contributed by atoms with E-state index in [1.54, 1.807) is 31.5 Å². The highest BCUT2D eigenvalue weighted by Gasteiger charge is 2.34. The standard InChI is InChI=1S/C33H41N5O4.2C4H4O4/c1-4-41-32(40)33(2,3)28-23-38-30(35-28)16-15-29(36-38)34-21-26(39)22-37-19-17-27(18-20-37)42-31(24-11-7-5-8-12-24)25-13-9-6-10-14-25;2*5-3(6)1-2-4(7)8/h5-16,23,26-27,31,39H,4,17-22H2,1-3H3,(H,34,36);2*1-2H,(H,5,6)(H,7,8). The van der Waals surface area contributed by atoms with Crippen molar-refractivity contribution in [3.05, 3.63) is 120 Å². The number of carbonyl (C=O) groups is 5. The quantitative estimate of drug-likeness (QED) is 0.0691. The number of esters is 1. The lowest BCUT2D eigenvalue weighted by Crippen LogP contribution is -2.43. The third-order valence-corrected chi connectivity index (χ3v) is 8.54. The molecule has 2 aromatic carbocycles. The number of nitrogens with one attached hydrogen (secondary N) is 1. The van der Waals surface area contributed by atoms with E-state index < -0.39 is 35.4 Å². The van der Waals surface area contributed by atoms with Crippen LogP contribution in [0.3, 0.4) is 0 Å². The van der Waals surface area contributed by atoms with Gasteiger partial charge in [0.1, 0.15) is 17.3 Å². The van der Waals surface area contributed by atoms with Gasteiger partial charge in [-0.05, 0) is 56.9 Å². The summed E-state index contributed by atoms with van der Waals surface area (Å²) in [6.45, 7) is 8.38. The Labute approximate surface area is 334 Å². The summed E-state index contributed by atoms with van der Waals surface area (Å²) in [5.41, 5.74) is 2.68. The highest BCUT2D eigenvalue weighted by Crippen LogP contribution is 2.30. The van der Waals surface area contributed by atoms with Crippen molar-refractivity contribution in [2.75, 3.05) is 38.1 Å². The van der Waals surface area contributed by atoms with Gasteiger partial charge in [-0.25, -0.2) is 28.7 Å². The molecule has 0 amide bonds. The van der Waals surface area contributed by atoms with Crippen molar-refractivity contribution in [1.29, 1.82) is 0 Å². The van der Waals surface area contributed by atoms with Crippen molar-refractivity contribution in [3.63, 3.8) is 0 Å². The number of ether oxygens (including phenoxy) is 2. The first-order chi connectivity index (χ1) is 27.6. The van der Waals surface area contributed by atoms with Gasteiger partial charge in [-0.15, -0.1) is 5.10 Å². The zero-order chi connectivity index (χ0) is 42.7. The number of rotatable bonds is 16. The highest BCUT2D eigenvalue weighted by molar-refractivity contribution is 5.90. The van der Waals surface area contributed by atoms with Crippen LogP contribution < -0.4 is 5.32 Å². The number of hydrogen-bond acceptors (Lipinski definition) is 12. The average Bonchev–Trinajstić information content (AvgIpc) is 3.64. The number of aromatic nitrogens is 3. The molecule has 1 atom stereocenters. The van der Waals surface area contributed by atoms with Gasteiger partial charge < -0.3 is 45.2 Å². The van der Waals surface area contributed by atoms with E-state index >= 15 is 0 Å². The molecule has 0 aliphatic carbocycles. The van der Waals surface area contributed by atoms with Crippen LogP contribution >= 0.6 is 0 Å². The van der Waals surface area contributed by atoms with Crippen LogP contribution in [0, 0.1) is 0 Å². The highest BCUT2D eigenvalue weighted by atomic mass is 16.5. The second kappa shape index (κ2) is 23.0. The second-order valence-electron chi connectivity index (χ2n) is 13.4. The largest absolute Gasteiger partial charge is 0.478 e. The molecule has 58 heavy (non-hydrogen) atoms. The maximum absolute atomic E-state index is 12.4. The number of aliphatic carboxylic acids is 4. The number of β-amino-alcohol motifs (C(OH)–C–C–N with tert-alkyl or cyclic N) is 1. The van der Waals surface area contributed by atoms with Crippen LogP contribution in [0.25, 0.3) is 5.65 Å². The van der Waals surface area contributed by atoms with E-state index in [9.17, 15) is 29.1 Å². The predicted molar refractivity (Wildman–Crippen MR) is 211 cm³/mol.